The second-order valence-corrected chi connectivity index (χ2v) is 14.6. The number of hydrogen-bond acceptors (Lipinski definition) is 12. The lowest BCUT2D eigenvalue weighted by Gasteiger charge is -2.25. The standard InChI is InChI=1S/C34H66N16O8S/c1-5-18(2)25(31(57)58)50-26(52)19(3)46-29(55)23(12-16-59-4)47-24(51)17-45-28(54)21(10-7-14-43-33(38)39)49-30(56)22(11-8-15-44-34(40)41)48-27(53)20(35)9-6-13-42-32(36)37/h18-23,25H,5-17,35H2,1-4H3,(H,45,54)(H,46,55)(H,47,51)(H,48,53)(H,49,56)(H,50,52)(H,57,58)(H4,36,37,42)(H4,38,39,43)(H4,40,41,44)/t18-,19-,20-,21-,22-,23-,25-/m0/s1. The van der Waals surface area contributed by atoms with Crippen LogP contribution in [0.4, 0.5) is 0 Å². The minimum Gasteiger partial charge on any atom is -0.480 e. The molecule has 0 aliphatic rings. The number of carboxylic acids is 1. The topological polar surface area (TPSA) is 431 Å². The molecule has 0 unspecified atom stereocenters. The van der Waals surface area contributed by atoms with Gasteiger partial charge in [-0.15, -0.1) is 0 Å². The molecule has 0 fully saturated rings. The molecule has 336 valence electrons. The highest BCUT2D eigenvalue weighted by Gasteiger charge is 2.31. The zero-order valence-electron chi connectivity index (χ0n) is 34.3. The highest BCUT2D eigenvalue weighted by atomic mass is 32.2. The number of nitrogens with two attached hydrogens (primary N) is 7. The number of guanidine groups is 3. The summed E-state index contributed by atoms with van der Waals surface area (Å²) in [6.07, 6.45) is 3.56. The lowest BCUT2D eigenvalue weighted by molar-refractivity contribution is -0.143. The van der Waals surface area contributed by atoms with Crippen LogP contribution in [-0.2, 0) is 33.6 Å². The first-order valence-electron chi connectivity index (χ1n) is 19.2. The molecule has 0 radical (unpaired) electrons. The summed E-state index contributed by atoms with van der Waals surface area (Å²) in [6, 6.07) is -6.87. The SMILES string of the molecule is CC[C@H](C)[C@H](NC(=O)[C@H](C)NC(=O)[C@H](CCSC)NC(=O)CNC(=O)[C@H](CCCN=C(N)N)NC(=O)[C@H](CCCN=C(N)N)NC(=O)[C@@H](N)CCCN=C(N)N)C(=O)O. The van der Waals surface area contributed by atoms with Gasteiger partial charge in [0, 0.05) is 19.6 Å². The number of thioether (sulfide) groups is 1. The molecule has 0 aromatic carbocycles. The van der Waals surface area contributed by atoms with E-state index in [0.29, 0.717) is 18.6 Å². The molecule has 0 spiro atoms. The Labute approximate surface area is 348 Å². The monoisotopic (exact) mass is 858 g/mol. The molecular formula is C34H66N16O8S. The van der Waals surface area contributed by atoms with Gasteiger partial charge in [0.2, 0.25) is 35.4 Å². The maximum Gasteiger partial charge on any atom is 0.326 e. The average Bonchev–Trinajstić information content (AvgIpc) is 3.17. The third-order valence-electron chi connectivity index (χ3n) is 8.68. The summed E-state index contributed by atoms with van der Waals surface area (Å²) in [4.78, 5) is 102. The van der Waals surface area contributed by atoms with Crippen molar-refractivity contribution in [1.29, 1.82) is 0 Å². The molecule has 21 N–H and O–H groups in total. The minimum atomic E-state index is -1.24. The molecule has 0 aliphatic heterocycles. The quantitative estimate of drug-likeness (QED) is 0.0183. The van der Waals surface area contributed by atoms with Gasteiger partial charge < -0.3 is 77.1 Å². The Kier molecular flexibility index (Phi) is 26.8. The third-order valence-corrected chi connectivity index (χ3v) is 9.32. The molecule has 25 heteroatoms. The van der Waals surface area contributed by atoms with E-state index in [1.165, 1.54) is 18.7 Å². The number of rotatable bonds is 30. The molecule has 7 atom stereocenters. The highest BCUT2D eigenvalue weighted by Crippen LogP contribution is 2.09. The van der Waals surface area contributed by atoms with Gasteiger partial charge in [-0.2, -0.15) is 11.8 Å². The van der Waals surface area contributed by atoms with E-state index in [9.17, 15) is 38.7 Å². The predicted molar refractivity (Wildman–Crippen MR) is 226 cm³/mol. The van der Waals surface area contributed by atoms with Crippen LogP contribution in [-0.4, -0.2) is 139 Å². The molecule has 0 heterocycles. The number of hydrogen-bond donors (Lipinski definition) is 14. The number of nitrogens with zero attached hydrogens (tertiary/aromatic N) is 3. The molecule has 24 nitrogen and oxygen atoms in total. The van der Waals surface area contributed by atoms with Gasteiger partial charge in [0.1, 0.15) is 30.2 Å². The van der Waals surface area contributed by atoms with Crippen LogP contribution in [0.15, 0.2) is 15.0 Å². The lowest BCUT2D eigenvalue weighted by atomic mass is 9.99. The van der Waals surface area contributed by atoms with E-state index in [1.807, 2.05) is 0 Å². The summed E-state index contributed by atoms with van der Waals surface area (Å²) in [7, 11) is 0. The van der Waals surface area contributed by atoms with Crippen molar-refractivity contribution in [1.82, 2.24) is 31.9 Å². The van der Waals surface area contributed by atoms with E-state index in [4.69, 9.17) is 40.1 Å². The zero-order chi connectivity index (χ0) is 45.1. The second-order valence-electron chi connectivity index (χ2n) is 13.6. The van der Waals surface area contributed by atoms with Crippen molar-refractivity contribution in [3.63, 3.8) is 0 Å². The van der Waals surface area contributed by atoms with Gasteiger partial charge in [0.05, 0.1) is 12.6 Å². The van der Waals surface area contributed by atoms with Crippen LogP contribution in [0.3, 0.4) is 0 Å². The summed E-state index contributed by atoms with van der Waals surface area (Å²) >= 11 is 1.40. The smallest absolute Gasteiger partial charge is 0.326 e. The molecule has 0 rings (SSSR count). The van der Waals surface area contributed by atoms with Crippen LogP contribution >= 0.6 is 11.8 Å². The summed E-state index contributed by atoms with van der Waals surface area (Å²) in [5.74, 6) is -5.96. The minimum absolute atomic E-state index is 0.00736. The first-order valence-corrected chi connectivity index (χ1v) is 20.5. The molecule has 6 amide bonds. The van der Waals surface area contributed by atoms with Crippen molar-refractivity contribution in [3.05, 3.63) is 0 Å². The molecule has 0 bridgehead atoms. The van der Waals surface area contributed by atoms with Crippen LogP contribution < -0.4 is 72.0 Å². The first kappa shape index (κ1) is 53.4. The van der Waals surface area contributed by atoms with Crippen LogP contribution in [0.2, 0.25) is 0 Å². The summed E-state index contributed by atoms with van der Waals surface area (Å²) < 4.78 is 0. The predicted octanol–water partition coefficient (Wildman–Crippen LogP) is -5.08. The van der Waals surface area contributed by atoms with E-state index < -0.39 is 84.2 Å². The van der Waals surface area contributed by atoms with Gasteiger partial charge in [-0.25, -0.2) is 4.79 Å². The number of carbonyl (C=O) groups is 7. The van der Waals surface area contributed by atoms with E-state index in [-0.39, 0.29) is 82.0 Å². The van der Waals surface area contributed by atoms with Gasteiger partial charge in [0.15, 0.2) is 17.9 Å². The van der Waals surface area contributed by atoms with E-state index in [0.717, 1.165) is 0 Å². The van der Waals surface area contributed by atoms with Crippen LogP contribution in [0.25, 0.3) is 0 Å². The Morgan fingerprint density at radius 1 is 0.610 bits per heavy atom. The Hall–Kier alpha value is -5.59. The van der Waals surface area contributed by atoms with Crippen LogP contribution in [0.5, 0.6) is 0 Å². The van der Waals surface area contributed by atoms with E-state index >= 15 is 0 Å². The fourth-order valence-electron chi connectivity index (χ4n) is 5.13. The molecular weight excluding hydrogens is 793 g/mol. The number of aliphatic imine (C=N–C) groups is 3. The highest BCUT2D eigenvalue weighted by molar-refractivity contribution is 7.98. The molecule has 0 aromatic rings. The van der Waals surface area contributed by atoms with Crippen molar-refractivity contribution in [2.24, 2.45) is 61.0 Å². The Bertz CT molecular complexity index is 1470. The average molecular weight is 859 g/mol. The molecule has 0 aliphatic carbocycles. The maximum absolute atomic E-state index is 13.6. The van der Waals surface area contributed by atoms with Gasteiger partial charge in [0.25, 0.3) is 0 Å². The van der Waals surface area contributed by atoms with E-state index in [2.05, 4.69) is 46.9 Å². The molecule has 0 aromatic heterocycles. The van der Waals surface area contributed by atoms with Crippen molar-refractivity contribution in [2.45, 2.75) is 108 Å². The number of amides is 6. The Balaban J connectivity index is 5.91. The summed E-state index contributed by atoms with van der Waals surface area (Å²) in [5, 5.41) is 24.7. The molecule has 0 saturated carbocycles. The van der Waals surface area contributed by atoms with Crippen molar-refractivity contribution < 1.29 is 38.7 Å². The van der Waals surface area contributed by atoms with Crippen molar-refractivity contribution in [2.75, 3.05) is 38.2 Å². The van der Waals surface area contributed by atoms with Crippen LogP contribution in [0.1, 0.15) is 72.1 Å². The normalized spacial score (nSPS) is 14.3. The van der Waals surface area contributed by atoms with Crippen LogP contribution in [0, 0.1) is 5.92 Å². The fourth-order valence-corrected chi connectivity index (χ4v) is 5.60. The fraction of sp³-hybridized carbons (Fsp3) is 0.706. The summed E-state index contributed by atoms with van der Waals surface area (Å²) in [6.45, 7) is 4.70. The third kappa shape index (κ3) is 24.1. The van der Waals surface area contributed by atoms with Gasteiger partial charge in [-0.05, 0) is 69.8 Å². The first-order chi connectivity index (χ1) is 27.7. The lowest BCUT2D eigenvalue weighted by Crippen LogP contribution is -2.57. The van der Waals surface area contributed by atoms with Gasteiger partial charge in [-0.3, -0.25) is 43.7 Å². The molecule has 0 saturated heterocycles. The Morgan fingerprint density at radius 2 is 1.07 bits per heavy atom. The zero-order valence-corrected chi connectivity index (χ0v) is 35.1. The van der Waals surface area contributed by atoms with Crippen molar-refractivity contribution in [3.8, 4) is 0 Å². The summed E-state index contributed by atoms with van der Waals surface area (Å²) in [5.41, 5.74) is 38.4. The number of aliphatic carboxylic acids is 1. The number of carbonyl (C=O) groups excluding carboxylic acids is 6. The largest absolute Gasteiger partial charge is 0.480 e. The van der Waals surface area contributed by atoms with Crippen molar-refractivity contribution >= 4 is 71.1 Å². The maximum atomic E-state index is 13.6. The molecule has 59 heavy (non-hydrogen) atoms. The second kappa shape index (κ2) is 29.6. The van der Waals surface area contributed by atoms with Gasteiger partial charge in [-0.1, -0.05) is 20.3 Å². The Morgan fingerprint density at radius 3 is 1.54 bits per heavy atom. The van der Waals surface area contributed by atoms with E-state index in [1.54, 1.807) is 20.1 Å². The van der Waals surface area contributed by atoms with Gasteiger partial charge >= 0.3 is 5.97 Å². The number of nitrogens with one attached hydrogen (secondary N) is 6. The number of carboxylic acid groups (broad SMARTS) is 1.